The molecule has 0 amide bonds. The first-order valence-corrected chi connectivity index (χ1v) is 12.0. The molecule has 0 atom stereocenters. The van der Waals surface area contributed by atoms with Crippen molar-refractivity contribution in [1.29, 1.82) is 0 Å². The molecule has 0 bridgehead atoms. The minimum absolute atomic E-state index is 0.0193. The summed E-state index contributed by atoms with van der Waals surface area (Å²) in [7, 11) is 0. The third-order valence-corrected chi connectivity index (χ3v) is 7.01. The molecule has 0 aromatic heterocycles. The summed E-state index contributed by atoms with van der Waals surface area (Å²) in [4.78, 5) is 54.1. The van der Waals surface area contributed by atoms with Gasteiger partial charge in [-0.15, -0.1) is 0 Å². The highest BCUT2D eigenvalue weighted by atomic mass is 35.5. The molecule has 4 aromatic rings. The number of ketones is 4. The van der Waals surface area contributed by atoms with Crippen molar-refractivity contribution in [1.82, 2.24) is 0 Å². The molecule has 0 heterocycles. The third kappa shape index (κ3) is 3.97. The van der Waals surface area contributed by atoms with E-state index in [1.54, 1.807) is 0 Å². The lowest BCUT2D eigenvalue weighted by Gasteiger charge is -2.22. The van der Waals surface area contributed by atoms with Crippen LogP contribution in [0.4, 0.5) is 0 Å². The summed E-state index contributed by atoms with van der Waals surface area (Å²) in [6, 6.07) is 17.6. The molecule has 4 nitrogen and oxygen atoms in total. The zero-order valence-electron chi connectivity index (χ0n) is 18.1. The Labute approximate surface area is 225 Å². The van der Waals surface area contributed by atoms with Crippen molar-refractivity contribution in [2.45, 2.75) is 0 Å². The molecule has 0 saturated carbocycles. The van der Waals surface area contributed by atoms with E-state index in [0.29, 0.717) is 10.0 Å². The second-order valence-corrected chi connectivity index (χ2v) is 9.71. The van der Waals surface area contributed by atoms with Crippen molar-refractivity contribution < 1.29 is 19.2 Å². The van der Waals surface area contributed by atoms with E-state index in [-0.39, 0.29) is 54.6 Å². The standard InChI is InChI=1S/C28H12Cl4O4/c29-13-7-9-15(21(31)11-13)25(33)17-3-1-5-19-23(17)28(36)20-6-2-4-18(24(20)27(19)35)26(34)16-10-8-14(30)12-22(16)32/h1-12H. The number of fused-ring (bicyclic) bond motifs is 2. The maximum Gasteiger partial charge on any atom is 0.195 e. The molecule has 0 spiro atoms. The summed E-state index contributed by atoms with van der Waals surface area (Å²) in [6.45, 7) is 0. The predicted molar refractivity (Wildman–Crippen MR) is 140 cm³/mol. The summed E-state index contributed by atoms with van der Waals surface area (Å²) < 4.78 is 0. The molecule has 0 fully saturated rings. The Kier molecular flexibility index (Phi) is 6.31. The van der Waals surface area contributed by atoms with Gasteiger partial charge >= 0.3 is 0 Å². The Hall–Kier alpha value is -3.28. The van der Waals surface area contributed by atoms with Gasteiger partial charge in [-0.25, -0.2) is 0 Å². The zero-order valence-corrected chi connectivity index (χ0v) is 21.1. The monoisotopic (exact) mass is 552 g/mol. The van der Waals surface area contributed by atoms with Crippen LogP contribution in [-0.2, 0) is 0 Å². The van der Waals surface area contributed by atoms with Gasteiger partial charge in [0.15, 0.2) is 23.1 Å². The lowest BCUT2D eigenvalue weighted by Crippen LogP contribution is -2.26. The number of carbonyl (C=O) groups is 4. The summed E-state index contributed by atoms with van der Waals surface area (Å²) >= 11 is 24.3. The van der Waals surface area contributed by atoms with Crippen LogP contribution in [0.1, 0.15) is 63.7 Å². The molecule has 5 rings (SSSR count). The van der Waals surface area contributed by atoms with Gasteiger partial charge in [-0.05, 0) is 36.4 Å². The molecule has 1 aliphatic carbocycles. The van der Waals surface area contributed by atoms with E-state index >= 15 is 0 Å². The number of halogens is 4. The Morgan fingerprint density at radius 3 is 1.25 bits per heavy atom. The van der Waals surface area contributed by atoms with Gasteiger partial charge in [-0.1, -0.05) is 82.8 Å². The van der Waals surface area contributed by atoms with Crippen molar-refractivity contribution in [3.63, 3.8) is 0 Å². The van der Waals surface area contributed by atoms with Crippen molar-refractivity contribution in [3.05, 3.63) is 137 Å². The number of rotatable bonds is 4. The number of hydrogen-bond acceptors (Lipinski definition) is 4. The van der Waals surface area contributed by atoms with Gasteiger partial charge in [0.1, 0.15) is 0 Å². The minimum atomic E-state index is -0.550. The molecule has 4 aromatic carbocycles. The molecule has 0 radical (unpaired) electrons. The smallest absolute Gasteiger partial charge is 0.195 e. The molecule has 36 heavy (non-hydrogen) atoms. The second kappa shape index (κ2) is 9.30. The predicted octanol–water partition coefficient (Wildman–Crippen LogP) is 7.54. The highest BCUT2D eigenvalue weighted by Crippen LogP contribution is 2.35. The summed E-state index contributed by atoms with van der Waals surface area (Å²) in [5.74, 6) is -2.16. The van der Waals surface area contributed by atoms with Crippen molar-refractivity contribution in [2.24, 2.45) is 0 Å². The molecular formula is C28H12Cl4O4. The first kappa shape index (κ1) is 24.4. The van der Waals surface area contributed by atoms with E-state index in [1.807, 2.05) is 0 Å². The van der Waals surface area contributed by atoms with Crippen LogP contribution in [-0.4, -0.2) is 23.1 Å². The van der Waals surface area contributed by atoms with Gasteiger partial charge in [-0.3, -0.25) is 19.2 Å². The van der Waals surface area contributed by atoms with Crippen LogP contribution in [0.15, 0.2) is 72.8 Å². The van der Waals surface area contributed by atoms with E-state index in [9.17, 15) is 19.2 Å². The summed E-state index contributed by atoms with van der Waals surface area (Å²) in [6.07, 6.45) is 0. The maximum absolute atomic E-state index is 13.7. The molecular weight excluding hydrogens is 542 g/mol. The molecule has 0 aliphatic heterocycles. The SMILES string of the molecule is O=C(c1ccc(Cl)cc1Cl)c1cccc2c1C(=O)c1cccc(C(=O)c3ccc(Cl)cc3Cl)c1C2=O. The first-order chi connectivity index (χ1) is 17.2. The van der Waals surface area contributed by atoms with Gasteiger partial charge < -0.3 is 0 Å². The quantitative estimate of drug-likeness (QED) is 0.216. The molecule has 0 N–H and O–H groups in total. The second-order valence-electron chi connectivity index (χ2n) is 8.02. The highest BCUT2D eigenvalue weighted by Gasteiger charge is 2.36. The van der Waals surface area contributed by atoms with Crippen molar-refractivity contribution in [2.75, 3.05) is 0 Å². The van der Waals surface area contributed by atoms with Crippen LogP contribution in [0.5, 0.6) is 0 Å². The summed E-state index contributed by atoms with van der Waals surface area (Å²) in [5, 5.41) is 0.940. The van der Waals surface area contributed by atoms with Crippen molar-refractivity contribution >= 4 is 69.5 Å². The molecule has 0 unspecified atom stereocenters. The average Bonchev–Trinajstić information content (AvgIpc) is 2.85. The molecule has 1 aliphatic rings. The van der Waals surface area contributed by atoms with E-state index in [2.05, 4.69) is 0 Å². The van der Waals surface area contributed by atoms with Gasteiger partial charge in [0.2, 0.25) is 0 Å². The lowest BCUT2D eigenvalue weighted by atomic mass is 9.78. The van der Waals surface area contributed by atoms with Crippen LogP contribution in [0.25, 0.3) is 0 Å². The van der Waals surface area contributed by atoms with Crippen LogP contribution in [0, 0.1) is 0 Å². The Bertz CT molecular complexity index is 1530. The van der Waals surface area contributed by atoms with E-state index < -0.39 is 23.1 Å². The summed E-state index contributed by atoms with van der Waals surface area (Å²) in [5.41, 5.74) is 0.289. The Morgan fingerprint density at radius 2 is 0.889 bits per heavy atom. The fourth-order valence-electron chi connectivity index (χ4n) is 4.26. The normalized spacial score (nSPS) is 12.2. The minimum Gasteiger partial charge on any atom is -0.289 e. The van der Waals surface area contributed by atoms with Crippen LogP contribution in [0.2, 0.25) is 20.1 Å². The van der Waals surface area contributed by atoms with Crippen LogP contribution < -0.4 is 0 Å². The average molecular weight is 554 g/mol. The first-order valence-electron chi connectivity index (χ1n) is 10.5. The van der Waals surface area contributed by atoms with E-state index in [4.69, 9.17) is 46.4 Å². The fraction of sp³-hybridized carbons (Fsp3) is 0. The molecule has 8 heteroatoms. The third-order valence-electron chi connectivity index (χ3n) is 5.91. The maximum atomic E-state index is 13.7. The van der Waals surface area contributed by atoms with Crippen LogP contribution >= 0.6 is 46.4 Å². The number of carbonyl (C=O) groups excluding carboxylic acids is 4. The van der Waals surface area contributed by atoms with Gasteiger partial charge in [-0.2, -0.15) is 0 Å². The van der Waals surface area contributed by atoms with Crippen LogP contribution in [0.3, 0.4) is 0 Å². The Balaban J connectivity index is 1.66. The lowest BCUT2D eigenvalue weighted by molar-refractivity contribution is 0.0964. The van der Waals surface area contributed by atoms with Crippen molar-refractivity contribution in [3.8, 4) is 0 Å². The molecule has 0 saturated heterocycles. The fourth-order valence-corrected chi connectivity index (χ4v) is 5.25. The number of benzene rings is 4. The van der Waals surface area contributed by atoms with E-state index in [0.717, 1.165) is 0 Å². The van der Waals surface area contributed by atoms with Gasteiger partial charge in [0.05, 0.1) is 10.0 Å². The largest absolute Gasteiger partial charge is 0.289 e. The number of hydrogen-bond donors (Lipinski definition) is 0. The topological polar surface area (TPSA) is 68.3 Å². The molecule has 176 valence electrons. The Morgan fingerprint density at radius 1 is 0.500 bits per heavy atom. The van der Waals surface area contributed by atoms with Gasteiger partial charge in [0.25, 0.3) is 0 Å². The highest BCUT2D eigenvalue weighted by molar-refractivity contribution is 6.40. The van der Waals surface area contributed by atoms with E-state index in [1.165, 1.54) is 72.8 Å². The van der Waals surface area contributed by atoms with Gasteiger partial charge in [0, 0.05) is 54.6 Å². The zero-order chi connectivity index (χ0) is 25.7.